The molecule has 0 spiro atoms. The molecule has 8 heteroatoms. The average Bonchev–Trinajstić information content (AvgIpc) is 3.47. The van der Waals surface area contributed by atoms with Crippen molar-refractivity contribution in [3.8, 4) is 11.3 Å². The fraction of sp³-hybridized carbons (Fsp3) is 0.261. The number of ether oxygens (including phenoxy) is 1. The Balaban J connectivity index is 1.58. The molecule has 2 heterocycles. The lowest BCUT2D eigenvalue weighted by atomic mass is 10.1. The predicted molar refractivity (Wildman–Crippen MR) is 120 cm³/mol. The minimum Gasteiger partial charge on any atom is -0.453 e. The van der Waals surface area contributed by atoms with E-state index in [0.717, 1.165) is 34.4 Å². The van der Waals surface area contributed by atoms with Crippen LogP contribution in [0.1, 0.15) is 36.3 Å². The number of hydrogen-bond donors (Lipinski definition) is 2. The van der Waals surface area contributed by atoms with Gasteiger partial charge < -0.3 is 19.9 Å². The van der Waals surface area contributed by atoms with Crippen molar-refractivity contribution in [1.82, 2.24) is 20.2 Å². The molecular formula is C23H23BrN4O3. The standard InChI is InChI=1S/C23H23BrN4O3/c1-31-23(30)27-20(16-6-3-2-4-7-16)22(29)28-13-5-8-19(28)21-25-14-18(26-21)15-9-11-17(24)12-10-15/h2-4,6-7,9-12,14,19-20H,5,8,13H2,1H3,(H,25,26)(H,27,30)/t19-,20?/m0/s1. The maximum Gasteiger partial charge on any atom is 0.407 e. The summed E-state index contributed by atoms with van der Waals surface area (Å²) in [5.74, 6) is 0.564. The van der Waals surface area contributed by atoms with Crippen molar-refractivity contribution in [1.29, 1.82) is 0 Å². The Labute approximate surface area is 189 Å². The van der Waals surface area contributed by atoms with Crippen LogP contribution >= 0.6 is 15.9 Å². The van der Waals surface area contributed by atoms with Crippen LogP contribution in [0.25, 0.3) is 11.3 Å². The van der Waals surface area contributed by atoms with Crippen LogP contribution in [0.3, 0.4) is 0 Å². The highest BCUT2D eigenvalue weighted by Gasteiger charge is 2.37. The first kappa shape index (κ1) is 21.1. The summed E-state index contributed by atoms with van der Waals surface area (Å²) in [5.41, 5.74) is 2.53. The molecule has 2 amide bonds. The molecule has 0 bridgehead atoms. The molecule has 0 aliphatic carbocycles. The Morgan fingerprint density at radius 3 is 2.65 bits per heavy atom. The molecule has 160 valence electrons. The molecule has 1 aliphatic heterocycles. The number of alkyl carbamates (subject to hydrolysis) is 1. The van der Waals surface area contributed by atoms with Gasteiger partial charge in [0.25, 0.3) is 5.91 Å². The number of carbonyl (C=O) groups excluding carboxylic acids is 2. The maximum absolute atomic E-state index is 13.5. The van der Waals surface area contributed by atoms with Crippen LogP contribution in [0.2, 0.25) is 0 Å². The molecule has 1 unspecified atom stereocenters. The maximum atomic E-state index is 13.5. The number of aromatic nitrogens is 2. The second-order valence-corrected chi connectivity index (χ2v) is 8.26. The minimum atomic E-state index is -0.824. The van der Waals surface area contributed by atoms with Crippen LogP contribution in [0, 0.1) is 0 Å². The highest BCUT2D eigenvalue weighted by atomic mass is 79.9. The van der Waals surface area contributed by atoms with Crippen LogP contribution in [-0.2, 0) is 9.53 Å². The number of rotatable bonds is 5. The van der Waals surface area contributed by atoms with E-state index in [1.165, 1.54) is 7.11 Å². The van der Waals surface area contributed by atoms with Gasteiger partial charge in [-0.25, -0.2) is 9.78 Å². The van der Waals surface area contributed by atoms with Crippen molar-refractivity contribution in [3.63, 3.8) is 0 Å². The molecule has 2 aromatic carbocycles. The summed E-state index contributed by atoms with van der Waals surface area (Å²) >= 11 is 3.44. The number of imidazole rings is 1. The molecule has 4 rings (SSSR count). The normalized spacial score (nSPS) is 16.7. The Morgan fingerprint density at radius 2 is 1.94 bits per heavy atom. The number of nitrogens with one attached hydrogen (secondary N) is 2. The topological polar surface area (TPSA) is 87.3 Å². The van der Waals surface area contributed by atoms with Gasteiger partial charge in [-0.3, -0.25) is 4.79 Å². The Hall–Kier alpha value is -3.13. The van der Waals surface area contributed by atoms with Gasteiger partial charge >= 0.3 is 6.09 Å². The smallest absolute Gasteiger partial charge is 0.407 e. The van der Waals surface area contributed by atoms with Gasteiger partial charge in [-0.05, 0) is 30.5 Å². The van der Waals surface area contributed by atoms with Gasteiger partial charge in [-0.1, -0.05) is 58.4 Å². The molecule has 7 nitrogen and oxygen atoms in total. The van der Waals surface area contributed by atoms with Gasteiger partial charge in [0.1, 0.15) is 11.9 Å². The summed E-state index contributed by atoms with van der Waals surface area (Å²) in [6.45, 7) is 0.601. The number of H-pyrrole nitrogens is 1. The molecule has 31 heavy (non-hydrogen) atoms. The molecule has 0 saturated carbocycles. The molecule has 3 aromatic rings. The van der Waals surface area contributed by atoms with Crippen LogP contribution in [0.5, 0.6) is 0 Å². The SMILES string of the molecule is COC(=O)NC(C(=O)N1CCC[C@H]1c1nc(-c2ccc(Br)cc2)c[nH]1)c1ccccc1. The van der Waals surface area contributed by atoms with Crippen molar-refractivity contribution < 1.29 is 14.3 Å². The van der Waals surface area contributed by atoms with E-state index < -0.39 is 12.1 Å². The first-order valence-corrected chi connectivity index (χ1v) is 10.9. The van der Waals surface area contributed by atoms with Gasteiger partial charge in [-0.15, -0.1) is 0 Å². The number of nitrogens with zero attached hydrogens (tertiary/aromatic N) is 2. The Bertz CT molecular complexity index is 1050. The number of aromatic amines is 1. The Morgan fingerprint density at radius 1 is 1.19 bits per heavy atom. The van der Waals surface area contributed by atoms with Crippen LogP contribution < -0.4 is 5.32 Å². The molecule has 0 radical (unpaired) electrons. The van der Waals surface area contributed by atoms with E-state index in [9.17, 15) is 9.59 Å². The van der Waals surface area contributed by atoms with E-state index >= 15 is 0 Å². The predicted octanol–water partition coefficient (Wildman–Crippen LogP) is 4.60. The van der Waals surface area contributed by atoms with Gasteiger partial charge in [0.2, 0.25) is 0 Å². The second-order valence-electron chi connectivity index (χ2n) is 7.35. The largest absolute Gasteiger partial charge is 0.453 e. The zero-order chi connectivity index (χ0) is 21.8. The summed E-state index contributed by atoms with van der Waals surface area (Å²) < 4.78 is 5.75. The van der Waals surface area contributed by atoms with Gasteiger partial charge in [-0.2, -0.15) is 0 Å². The van der Waals surface area contributed by atoms with E-state index in [2.05, 4.69) is 26.2 Å². The van der Waals surface area contributed by atoms with E-state index in [0.29, 0.717) is 12.1 Å². The third kappa shape index (κ3) is 4.64. The third-order valence-electron chi connectivity index (χ3n) is 5.42. The zero-order valence-corrected chi connectivity index (χ0v) is 18.6. The zero-order valence-electron chi connectivity index (χ0n) is 17.0. The average molecular weight is 483 g/mol. The molecular weight excluding hydrogens is 460 g/mol. The summed E-state index contributed by atoms with van der Waals surface area (Å²) in [6.07, 6.45) is 2.89. The van der Waals surface area contributed by atoms with Crippen molar-refractivity contribution in [2.24, 2.45) is 0 Å². The van der Waals surface area contributed by atoms with E-state index in [1.807, 2.05) is 60.8 Å². The third-order valence-corrected chi connectivity index (χ3v) is 5.95. The van der Waals surface area contributed by atoms with Gasteiger partial charge in [0, 0.05) is 22.8 Å². The highest BCUT2D eigenvalue weighted by Crippen LogP contribution is 2.34. The number of benzene rings is 2. The van der Waals surface area contributed by atoms with Crippen molar-refractivity contribution in [2.75, 3.05) is 13.7 Å². The number of amides is 2. The van der Waals surface area contributed by atoms with E-state index in [4.69, 9.17) is 9.72 Å². The van der Waals surface area contributed by atoms with Crippen molar-refractivity contribution in [2.45, 2.75) is 24.9 Å². The quantitative estimate of drug-likeness (QED) is 0.556. The molecule has 1 saturated heterocycles. The van der Waals surface area contributed by atoms with E-state index in [-0.39, 0.29) is 11.9 Å². The lowest BCUT2D eigenvalue weighted by molar-refractivity contribution is -0.134. The summed E-state index contributed by atoms with van der Waals surface area (Å²) in [6, 6.07) is 16.1. The minimum absolute atomic E-state index is 0.178. The first-order valence-electron chi connectivity index (χ1n) is 10.1. The number of hydrogen-bond acceptors (Lipinski definition) is 4. The van der Waals surface area contributed by atoms with Crippen molar-refractivity contribution >= 4 is 27.9 Å². The summed E-state index contributed by atoms with van der Waals surface area (Å²) in [7, 11) is 1.28. The lowest BCUT2D eigenvalue weighted by Gasteiger charge is -2.28. The number of carbonyl (C=O) groups is 2. The number of methoxy groups -OCH3 is 1. The molecule has 1 aromatic heterocycles. The van der Waals surface area contributed by atoms with E-state index in [1.54, 1.807) is 4.90 Å². The fourth-order valence-electron chi connectivity index (χ4n) is 3.87. The number of likely N-dealkylation sites (tertiary alicyclic amines) is 1. The molecule has 2 N–H and O–H groups in total. The first-order chi connectivity index (χ1) is 15.1. The van der Waals surface area contributed by atoms with Gasteiger partial charge in [0.15, 0.2) is 0 Å². The lowest BCUT2D eigenvalue weighted by Crippen LogP contribution is -2.42. The second kappa shape index (κ2) is 9.34. The summed E-state index contributed by atoms with van der Waals surface area (Å²) in [4.78, 5) is 35.2. The summed E-state index contributed by atoms with van der Waals surface area (Å²) in [5, 5.41) is 2.68. The van der Waals surface area contributed by atoms with Crippen molar-refractivity contribution in [3.05, 3.63) is 76.7 Å². The molecule has 2 atom stereocenters. The van der Waals surface area contributed by atoms with Crippen LogP contribution in [0.4, 0.5) is 4.79 Å². The highest BCUT2D eigenvalue weighted by molar-refractivity contribution is 9.10. The van der Waals surface area contributed by atoms with Crippen LogP contribution in [-0.4, -0.2) is 40.5 Å². The monoisotopic (exact) mass is 482 g/mol. The van der Waals surface area contributed by atoms with Gasteiger partial charge in [0.05, 0.1) is 18.8 Å². The number of halogens is 1. The fourth-order valence-corrected chi connectivity index (χ4v) is 4.13. The Kier molecular flexibility index (Phi) is 6.36. The van der Waals surface area contributed by atoms with Crippen LogP contribution in [0.15, 0.2) is 65.3 Å². The molecule has 1 fully saturated rings. The molecule has 1 aliphatic rings.